The number of nitrogens with zero attached hydrogens (tertiary/aromatic N) is 4. The molecule has 6 atom stereocenters. The van der Waals surface area contributed by atoms with Crippen molar-refractivity contribution in [3.63, 3.8) is 0 Å². The Kier molecular flexibility index (Phi) is 5.98. The second-order valence-corrected chi connectivity index (χ2v) is 13.4. The number of hydrogen-bond donors (Lipinski definition) is 0. The van der Waals surface area contributed by atoms with Crippen molar-refractivity contribution in [2.75, 3.05) is 9.80 Å². The van der Waals surface area contributed by atoms with Gasteiger partial charge in [-0.3, -0.25) is 19.2 Å². The van der Waals surface area contributed by atoms with Crippen molar-refractivity contribution in [3.8, 4) is 0 Å². The van der Waals surface area contributed by atoms with Crippen LogP contribution < -0.4 is 9.80 Å². The van der Waals surface area contributed by atoms with Crippen molar-refractivity contribution in [1.82, 2.24) is 10.0 Å². The minimum absolute atomic E-state index is 0.356. The normalized spacial score (nSPS) is 29.1. The first kappa shape index (κ1) is 26.3. The highest BCUT2D eigenvalue weighted by atomic mass is 35.5. The molecule has 12 heteroatoms. The van der Waals surface area contributed by atoms with E-state index in [9.17, 15) is 19.2 Å². The van der Waals surface area contributed by atoms with Gasteiger partial charge in [-0.15, -0.1) is 22.7 Å². The lowest BCUT2D eigenvalue weighted by molar-refractivity contribution is -0.135. The van der Waals surface area contributed by atoms with E-state index in [-0.39, 0.29) is 11.8 Å². The number of carbonyl (C=O) groups is 4. The van der Waals surface area contributed by atoms with E-state index in [1.54, 1.807) is 48.5 Å². The van der Waals surface area contributed by atoms with Gasteiger partial charge in [-0.25, -0.2) is 19.8 Å². The van der Waals surface area contributed by atoms with Crippen molar-refractivity contribution in [2.24, 2.45) is 11.8 Å². The van der Waals surface area contributed by atoms with Crippen LogP contribution in [0.3, 0.4) is 0 Å². The van der Waals surface area contributed by atoms with E-state index in [4.69, 9.17) is 23.2 Å². The lowest BCUT2D eigenvalue weighted by Crippen LogP contribution is -2.50. The molecular formula is C30H20Cl2N4O4S2. The Bertz CT molecular complexity index is 1650. The number of anilines is 2. The third-order valence-electron chi connectivity index (χ3n) is 8.53. The number of imide groups is 2. The summed E-state index contributed by atoms with van der Waals surface area (Å²) in [5.74, 6) is -3.09. The molecule has 8 nitrogen and oxygen atoms in total. The number of halogens is 2. The SMILES string of the molecule is O=C1C2C(C(=O)N1c1cccc(Cl)c1)N1C(c3cccs3)C3C(=O)N(c4cccc(Cl)c4)C(=O)C3N1C2c1cccs1. The van der Waals surface area contributed by atoms with Gasteiger partial charge in [0.25, 0.3) is 11.8 Å². The van der Waals surface area contributed by atoms with Gasteiger partial charge in [0.15, 0.2) is 0 Å². The highest BCUT2D eigenvalue weighted by Gasteiger charge is 2.74. The smallest absolute Gasteiger partial charge is 0.253 e. The Morgan fingerprint density at radius 2 is 0.952 bits per heavy atom. The number of hydrogen-bond acceptors (Lipinski definition) is 8. The zero-order chi connectivity index (χ0) is 28.9. The van der Waals surface area contributed by atoms with Crippen molar-refractivity contribution >= 4 is 80.9 Å². The van der Waals surface area contributed by atoms with Gasteiger partial charge in [-0.05, 0) is 59.3 Å². The summed E-state index contributed by atoms with van der Waals surface area (Å²) < 4.78 is 0. The topological polar surface area (TPSA) is 81.2 Å². The second kappa shape index (κ2) is 9.57. The van der Waals surface area contributed by atoms with Crippen LogP contribution in [0.2, 0.25) is 10.0 Å². The summed E-state index contributed by atoms with van der Waals surface area (Å²) >= 11 is 15.4. The maximum atomic E-state index is 14.3. The molecule has 6 heterocycles. The minimum Gasteiger partial charge on any atom is -0.274 e. The lowest BCUT2D eigenvalue weighted by Gasteiger charge is -2.35. The predicted molar refractivity (Wildman–Crippen MR) is 160 cm³/mol. The zero-order valence-electron chi connectivity index (χ0n) is 21.5. The fourth-order valence-electron chi connectivity index (χ4n) is 7.05. The van der Waals surface area contributed by atoms with Crippen LogP contribution >= 0.6 is 45.9 Å². The molecule has 4 fully saturated rings. The van der Waals surface area contributed by atoms with Crippen molar-refractivity contribution in [3.05, 3.63) is 103 Å². The highest BCUT2D eigenvalue weighted by Crippen LogP contribution is 2.60. The monoisotopic (exact) mass is 634 g/mol. The van der Waals surface area contributed by atoms with Gasteiger partial charge in [0, 0.05) is 19.8 Å². The Morgan fingerprint density at radius 3 is 1.31 bits per heavy atom. The fourth-order valence-corrected chi connectivity index (χ4v) is 9.15. The summed E-state index contributed by atoms with van der Waals surface area (Å²) in [6.07, 6.45) is 0. The quantitative estimate of drug-likeness (QED) is 0.273. The fraction of sp³-hybridized carbons (Fsp3) is 0.200. The highest BCUT2D eigenvalue weighted by molar-refractivity contribution is 7.10. The molecule has 0 spiro atoms. The average molecular weight is 636 g/mol. The van der Waals surface area contributed by atoms with E-state index in [2.05, 4.69) is 0 Å². The van der Waals surface area contributed by atoms with Crippen LogP contribution in [0.25, 0.3) is 0 Å². The second-order valence-electron chi connectivity index (χ2n) is 10.6. The Balaban J connectivity index is 1.31. The first-order chi connectivity index (χ1) is 20.4. The van der Waals surface area contributed by atoms with Crippen LogP contribution in [0.5, 0.6) is 0 Å². The van der Waals surface area contributed by atoms with Gasteiger partial charge in [-0.2, -0.15) is 0 Å². The Hall–Kier alpha value is -3.38. The number of benzene rings is 2. The molecular weight excluding hydrogens is 615 g/mol. The van der Waals surface area contributed by atoms with Gasteiger partial charge in [0.1, 0.15) is 12.1 Å². The van der Waals surface area contributed by atoms with Crippen LogP contribution in [0.4, 0.5) is 11.4 Å². The summed E-state index contributed by atoms with van der Waals surface area (Å²) in [6.45, 7) is 0. The molecule has 42 heavy (non-hydrogen) atoms. The first-order valence-electron chi connectivity index (χ1n) is 13.3. The zero-order valence-corrected chi connectivity index (χ0v) is 24.7. The van der Waals surface area contributed by atoms with E-state index >= 15 is 0 Å². The molecule has 4 aromatic rings. The maximum absolute atomic E-state index is 14.3. The molecule has 4 aliphatic heterocycles. The third kappa shape index (κ3) is 3.54. The summed E-state index contributed by atoms with van der Waals surface area (Å²) in [4.78, 5) is 61.2. The molecule has 2 aromatic carbocycles. The van der Waals surface area contributed by atoms with Crippen molar-refractivity contribution in [2.45, 2.75) is 24.2 Å². The molecule has 210 valence electrons. The first-order valence-corrected chi connectivity index (χ1v) is 15.8. The minimum atomic E-state index is -0.901. The van der Waals surface area contributed by atoms with Gasteiger partial charge in [0.05, 0.1) is 35.3 Å². The number of amides is 4. The molecule has 0 N–H and O–H groups in total. The Morgan fingerprint density at radius 1 is 0.524 bits per heavy atom. The predicted octanol–water partition coefficient (Wildman–Crippen LogP) is 5.56. The molecule has 0 radical (unpaired) electrons. The molecule has 6 unspecified atom stereocenters. The number of rotatable bonds is 4. The van der Waals surface area contributed by atoms with Gasteiger partial charge >= 0.3 is 0 Å². The molecule has 2 aromatic heterocycles. The lowest BCUT2D eigenvalue weighted by atomic mass is 9.88. The molecule has 4 aliphatic rings. The van der Waals surface area contributed by atoms with E-state index in [1.165, 1.54) is 32.5 Å². The van der Waals surface area contributed by atoms with E-state index in [1.807, 2.05) is 45.0 Å². The number of fused-ring (bicyclic) bond motifs is 5. The van der Waals surface area contributed by atoms with Crippen LogP contribution in [-0.2, 0) is 19.2 Å². The summed E-state index contributed by atoms with van der Waals surface area (Å²) in [7, 11) is 0. The molecule has 0 bridgehead atoms. The van der Waals surface area contributed by atoms with Gasteiger partial charge in [-0.1, -0.05) is 47.5 Å². The molecule has 4 saturated heterocycles. The third-order valence-corrected chi connectivity index (χ3v) is 10.9. The van der Waals surface area contributed by atoms with E-state index in [0.717, 1.165) is 9.75 Å². The summed E-state index contributed by atoms with van der Waals surface area (Å²) in [6, 6.07) is 17.9. The van der Waals surface area contributed by atoms with Gasteiger partial charge < -0.3 is 0 Å². The summed E-state index contributed by atoms with van der Waals surface area (Å²) in [5.41, 5.74) is 0.796. The standard InChI is InChI=1S/C30H20Cl2N4O4S2/c31-15-5-1-7-17(13-15)33-27(37)21-23(19-9-3-11-41-19)36-26-22(24(20-10-4-12-42-20)35(36)25(21)29(33)39)28(38)34(30(26)40)18-8-2-6-16(32)14-18/h1-14,21-26H. The molecule has 8 rings (SSSR count). The van der Waals surface area contributed by atoms with Crippen LogP contribution in [0.15, 0.2) is 83.6 Å². The number of thiophene rings is 2. The van der Waals surface area contributed by atoms with Crippen LogP contribution in [0, 0.1) is 11.8 Å². The van der Waals surface area contributed by atoms with Crippen molar-refractivity contribution in [1.29, 1.82) is 0 Å². The van der Waals surface area contributed by atoms with Crippen LogP contribution in [-0.4, -0.2) is 45.7 Å². The molecule has 0 saturated carbocycles. The maximum Gasteiger partial charge on any atom is 0.253 e. The number of hydrazine groups is 1. The molecule has 4 amide bonds. The van der Waals surface area contributed by atoms with Crippen LogP contribution in [0.1, 0.15) is 21.8 Å². The van der Waals surface area contributed by atoms with E-state index < -0.39 is 47.8 Å². The molecule has 0 aliphatic carbocycles. The van der Waals surface area contributed by atoms with E-state index in [0.29, 0.717) is 21.4 Å². The largest absolute Gasteiger partial charge is 0.274 e. The Labute approximate surface area is 258 Å². The average Bonchev–Trinajstić information content (AvgIpc) is 3.79. The summed E-state index contributed by atoms with van der Waals surface area (Å²) in [5, 5.41) is 8.37. The van der Waals surface area contributed by atoms with Crippen molar-refractivity contribution < 1.29 is 19.2 Å². The number of carbonyl (C=O) groups excluding carboxylic acids is 4. The van der Waals surface area contributed by atoms with Gasteiger partial charge in [0.2, 0.25) is 11.8 Å².